The number of anilines is 1. The predicted octanol–water partition coefficient (Wildman–Crippen LogP) is 5.27. The van der Waals surface area contributed by atoms with Crippen molar-refractivity contribution in [3.05, 3.63) is 58.1 Å². The van der Waals surface area contributed by atoms with Crippen molar-refractivity contribution in [1.29, 1.82) is 0 Å². The van der Waals surface area contributed by atoms with E-state index >= 15 is 0 Å². The first-order valence-electron chi connectivity index (χ1n) is 12.7. The van der Waals surface area contributed by atoms with Crippen LogP contribution in [0.3, 0.4) is 0 Å². The van der Waals surface area contributed by atoms with E-state index in [1.165, 1.54) is 9.21 Å². The maximum atomic E-state index is 13.5. The number of amides is 2. The van der Waals surface area contributed by atoms with Crippen LogP contribution in [-0.2, 0) is 26.2 Å². The van der Waals surface area contributed by atoms with Crippen LogP contribution in [-0.4, -0.2) is 57.1 Å². The molecule has 0 saturated heterocycles. The molecule has 0 bridgehead atoms. The molecule has 2 aromatic carbocycles. The maximum absolute atomic E-state index is 13.5. The fraction of sp³-hybridized carbons (Fsp3) is 0.481. The molecule has 8 nitrogen and oxygen atoms in total. The lowest BCUT2D eigenvalue weighted by molar-refractivity contribution is -0.141. The number of hydrogen-bond acceptors (Lipinski definition) is 5. The van der Waals surface area contributed by atoms with E-state index in [1.807, 2.05) is 20.8 Å². The summed E-state index contributed by atoms with van der Waals surface area (Å²) >= 11 is 12.4. The van der Waals surface area contributed by atoms with Crippen LogP contribution in [0.5, 0.6) is 5.75 Å². The Bertz CT molecular complexity index is 1190. The summed E-state index contributed by atoms with van der Waals surface area (Å²) in [6.45, 7) is 6.70. The van der Waals surface area contributed by atoms with E-state index < -0.39 is 16.1 Å². The van der Waals surface area contributed by atoms with Crippen molar-refractivity contribution in [1.82, 2.24) is 10.2 Å². The third-order valence-electron chi connectivity index (χ3n) is 5.88. The number of hydrogen-bond donors (Lipinski definition) is 1. The van der Waals surface area contributed by atoms with Gasteiger partial charge >= 0.3 is 0 Å². The Balaban J connectivity index is 2.27. The van der Waals surface area contributed by atoms with Crippen molar-refractivity contribution in [2.24, 2.45) is 0 Å². The SMILES string of the molecule is CCCNC(=O)[C@H](CC)N(Cc1ccc(Cl)cc1Cl)C(=O)CCCN(c1ccccc1OCC)S(C)(=O)=O. The zero-order valence-electron chi connectivity index (χ0n) is 22.4. The van der Waals surface area contributed by atoms with Gasteiger partial charge in [0.05, 0.1) is 18.6 Å². The zero-order valence-corrected chi connectivity index (χ0v) is 24.7. The van der Waals surface area contributed by atoms with Crippen LogP contribution >= 0.6 is 23.2 Å². The molecule has 0 spiro atoms. The number of nitrogens with one attached hydrogen (secondary N) is 1. The summed E-state index contributed by atoms with van der Waals surface area (Å²) < 4.78 is 32.2. The number of halogens is 2. The standard InChI is InChI=1S/C27H37Cl2N3O5S/c1-5-16-30-27(34)23(6-2)31(19-20-14-15-21(28)18-22(20)29)26(33)13-10-17-32(38(4,35)36)24-11-8-9-12-25(24)37-7-3/h8-9,11-12,14-15,18,23H,5-7,10,13,16-17,19H2,1-4H3,(H,30,34)/t23-/m0/s1. The Hall–Kier alpha value is -2.49. The molecule has 0 radical (unpaired) electrons. The van der Waals surface area contributed by atoms with Gasteiger partial charge in [0.1, 0.15) is 11.8 Å². The number of benzene rings is 2. The minimum absolute atomic E-state index is 0.0333. The molecule has 0 aliphatic carbocycles. The lowest BCUT2D eigenvalue weighted by atomic mass is 10.1. The molecule has 0 fully saturated rings. The molecule has 38 heavy (non-hydrogen) atoms. The van der Waals surface area contributed by atoms with Gasteiger partial charge in [0, 0.05) is 36.1 Å². The highest BCUT2D eigenvalue weighted by molar-refractivity contribution is 7.92. The molecule has 2 amide bonds. The van der Waals surface area contributed by atoms with Crippen molar-refractivity contribution < 1.29 is 22.7 Å². The molecule has 0 saturated carbocycles. The Kier molecular flexibility index (Phi) is 12.7. The number of sulfonamides is 1. The molecule has 0 aromatic heterocycles. The summed E-state index contributed by atoms with van der Waals surface area (Å²) in [7, 11) is -3.65. The van der Waals surface area contributed by atoms with Gasteiger partial charge in [-0.15, -0.1) is 0 Å². The largest absolute Gasteiger partial charge is 0.492 e. The Morgan fingerprint density at radius 3 is 2.39 bits per heavy atom. The number of ether oxygens (including phenoxy) is 1. The van der Waals surface area contributed by atoms with E-state index in [1.54, 1.807) is 42.5 Å². The molecule has 1 N–H and O–H groups in total. The molecule has 0 aliphatic rings. The van der Waals surface area contributed by atoms with Crippen LogP contribution < -0.4 is 14.4 Å². The fourth-order valence-electron chi connectivity index (χ4n) is 4.04. The molecule has 11 heteroatoms. The highest BCUT2D eigenvalue weighted by Crippen LogP contribution is 2.30. The average molecular weight is 587 g/mol. The molecule has 2 aromatic rings. The summed E-state index contributed by atoms with van der Waals surface area (Å²) in [5.74, 6) is -0.0679. The zero-order chi connectivity index (χ0) is 28.3. The summed E-state index contributed by atoms with van der Waals surface area (Å²) in [4.78, 5) is 28.0. The molecular weight excluding hydrogens is 549 g/mol. The number of rotatable bonds is 15. The molecule has 0 heterocycles. The van der Waals surface area contributed by atoms with Crippen molar-refractivity contribution in [3.8, 4) is 5.75 Å². The van der Waals surface area contributed by atoms with E-state index in [0.29, 0.717) is 46.6 Å². The van der Waals surface area contributed by atoms with Crippen molar-refractivity contribution in [2.75, 3.05) is 30.3 Å². The Morgan fingerprint density at radius 1 is 1.08 bits per heavy atom. The Morgan fingerprint density at radius 2 is 1.79 bits per heavy atom. The van der Waals surface area contributed by atoms with Crippen LogP contribution in [0.25, 0.3) is 0 Å². The number of carbonyl (C=O) groups excluding carboxylic acids is 2. The summed E-state index contributed by atoms with van der Waals surface area (Å²) in [6.07, 6.45) is 2.57. The monoisotopic (exact) mass is 585 g/mol. The van der Waals surface area contributed by atoms with Crippen LogP contribution in [0.15, 0.2) is 42.5 Å². The first-order valence-corrected chi connectivity index (χ1v) is 15.3. The van der Waals surface area contributed by atoms with Gasteiger partial charge in [-0.05, 0) is 56.0 Å². The number of nitrogens with zero attached hydrogens (tertiary/aromatic N) is 2. The Labute approximate surface area is 236 Å². The van der Waals surface area contributed by atoms with Gasteiger partial charge in [-0.25, -0.2) is 8.42 Å². The van der Waals surface area contributed by atoms with Crippen molar-refractivity contribution in [2.45, 2.75) is 59.0 Å². The average Bonchev–Trinajstić information content (AvgIpc) is 2.86. The highest BCUT2D eigenvalue weighted by Gasteiger charge is 2.29. The van der Waals surface area contributed by atoms with Crippen molar-refractivity contribution in [3.63, 3.8) is 0 Å². The smallest absolute Gasteiger partial charge is 0.242 e. The van der Waals surface area contributed by atoms with Gasteiger partial charge in [-0.1, -0.05) is 55.2 Å². The van der Waals surface area contributed by atoms with Crippen molar-refractivity contribution >= 4 is 50.7 Å². The van der Waals surface area contributed by atoms with Crippen LogP contribution in [0.2, 0.25) is 10.0 Å². The first-order chi connectivity index (χ1) is 18.0. The van der Waals surface area contributed by atoms with Crippen LogP contribution in [0.1, 0.15) is 52.0 Å². The number of carbonyl (C=O) groups is 2. The molecular formula is C27H37Cl2N3O5S. The lowest BCUT2D eigenvalue weighted by Crippen LogP contribution is -2.49. The van der Waals surface area contributed by atoms with Gasteiger partial charge in [0.15, 0.2) is 0 Å². The fourth-order valence-corrected chi connectivity index (χ4v) is 5.48. The summed E-state index contributed by atoms with van der Waals surface area (Å²) in [6, 6.07) is 11.2. The third-order valence-corrected chi connectivity index (χ3v) is 7.64. The quantitative estimate of drug-likeness (QED) is 0.307. The van der Waals surface area contributed by atoms with E-state index in [4.69, 9.17) is 27.9 Å². The van der Waals surface area contributed by atoms with Gasteiger partial charge < -0.3 is 15.0 Å². The molecule has 1 atom stereocenters. The van der Waals surface area contributed by atoms with Gasteiger partial charge in [0.25, 0.3) is 0 Å². The molecule has 210 valence electrons. The second kappa shape index (κ2) is 15.2. The third kappa shape index (κ3) is 9.06. The topological polar surface area (TPSA) is 96.0 Å². The van der Waals surface area contributed by atoms with Crippen LogP contribution in [0, 0.1) is 0 Å². The predicted molar refractivity (Wildman–Crippen MR) is 153 cm³/mol. The normalized spacial score (nSPS) is 12.1. The highest BCUT2D eigenvalue weighted by atomic mass is 35.5. The second-order valence-electron chi connectivity index (χ2n) is 8.81. The first kappa shape index (κ1) is 31.7. The number of para-hydroxylation sites is 2. The van der Waals surface area contributed by atoms with Gasteiger partial charge in [-0.2, -0.15) is 0 Å². The van der Waals surface area contributed by atoms with Crippen LogP contribution in [0.4, 0.5) is 5.69 Å². The lowest BCUT2D eigenvalue weighted by Gasteiger charge is -2.31. The summed E-state index contributed by atoms with van der Waals surface area (Å²) in [5.41, 5.74) is 1.08. The van der Waals surface area contributed by atoms with Gasteiger partial charge in [0.2, 0.25) is 21.8 Å². The minimum Gasteiger partial charge on any atom is -0.492 e. The van der Waals surface area contributed by atoms with E-state index in [9.17, 15) is 18.0 Å². The van der Waals surface area contributed by atoms with E-state index in [0.717, 1.165) is 12.7 Å². The van der Waals surface area contributed by atoms with Gasteiger partial charge in [-0.3, -0.25) is 13.9 Å². The maximum Gasteiger partial charge on any atom is 0.242 e. The van der Waals surface area contributed by atoms with E-state index in [-0.39, 0.29) is 37.7 Å². The minimum atomic E-state index is -3.65. The second-order valence-corrected chi connectivity index (χ2v) is 11.6. The van der Waals surface area contributed by atoms with E-state index in [2.05, 4.69) is 5.32 Å². The molecule has 0 aliphatic heterocycles. The molecule has 0 unspecified atom stereocenters. The molecule has 2 rings (SSSR count). The summed E-state index contributed by atoms with van der Waals surface area (Å²) in [5, 5.41) is 3.74.